The van der Waals surface area contributed by atoms with Crippen molar-refractivity contribution in [1.82, 2.24) is 10.1 Å². The Morgan fingerprint density at radius 3 is 2.65 bits per heavy atom. The fourth-order valence-electron chi connectivity index (χ4n) is 5.56. The molecule has 3 atom stereocenters. The summed E-state index contributed by atoms with van der Waals surface area (Å²) in [4.78, 5) is 18.9. The largest absolute Gasteiger partial charge is 0.477 e. The lowest BCUT2D eigenvalue weighted by molar-refractivity contribution is 0.00782. The topological polar surface area (TPSA) is 88.7 Å². The van der Waals surface area contributed by atoms with Gasteiger partial charge in [0.2, 0.25) is 0 Å². The van der Waals surface area contributed by atoms with Crippen LogP contribution in [0.25, 0.3) is 22.5 Å². The van der Waals surface area contributed by atoms with Crippen molar-refractivity contribution >= 4 is 57.0 Å². The molecule has 0 radical (unpaired) electrons. The summed E-state index contributed by atoms with van der Waals surface area (Å²) < 4.78 is 12.4. The van der Waals surface area contributed by atoms with Gasteiger partial charge in [0.1, 0.15) is 16.3 Å². The van der Waals surface area contributed by atoms with Crippen molar-refractivity contribution < 1.29 is 19.2 Å². The van der Waals surface area contributed by atoms with Gasteiger partial charge < -0.3 is 19.3 Å². The zero-order valence-electron chi connectivity index (χ0n) is 22.1. The Labute approximate surface area is 250 Å². The highest BCUT2D eigenvalue weighted by Crippen LogP contribution is 2.46. The predicted octanol–water partition coefficient (Wildman–Crippen LogP) is 8.76. The van der Waals surface area contributed by atoms with Crippen molar-refractivity contribution in [1.29, 1.82) is 0 Å². The van der Waals surface area contributed by atoms with Crippen LogP contribution in [0.5, 0.6) is 0 Å². The van der Waals surface area contributed by atoms with E-state index in [0.717, 1.165) is 59.8 Å². The molecule has 4 heterocycles. The number of ether oxygens (including phenoxy) is 1. The van der Waals surface area contributed by atoms with Gasteiger partial charge in [-0.15, -0.1) is 22.7 Å². The van der Waals surface area contributed by atoms with Gasteiger partial charge in [0.15, 0.2) is 5.13 Å². The van der Waals surface area contributed by atoms with E-state index in [-0.39, 0.29) is 18.2 Å². The lowest BCUT2D eigenvalue weighted by atomic mass is 9.92. The molecule has 1 saturated carbocycles. The Bertz CT molecular complexity index is 1510. The molecule has 1 N–H and O–H groups in total. The number of carboxylic acid groups (broad SMARTS) is 1. The molecule has 40 heavy (non-hydrogen) atoms. The van der Waals surface area contributed by atoms with Crippen LogP contribution < -0.4 is 4.90 Å². The van der Waals surface area contributed by atoms with Crippen LogP contribution in [0, 0.1) is 0 Å². The molecule has 2 fully saturated rings. The number of thiophene rings is 1. The first-order valence-corrected chi connectivity index (χ1v) is 16.0. The van der Waals surface area contributed by atoms with Crippen LogP contribution >= 0.6 is 45.9 Å². The third-order valence-corrected chi connectivity index (χ3v) is 10.1. The summed E-state index contributed by atoms with van der Waals surface area (Å²) >= 11 is 15.9. The first kappa shape index (κ1) is 27.7. The number of hydrogen-bond donors (Lipinski definition) is 1. The van der Waals surface area contributed by atoms with Crippen molar-refractivity contribution in [2.75, 3.05) is 4.90 Å². The van der Waals surface area contributed by atoms with Crippen molar-refractivity contribution in [2.24, 2.45) is 0 Å². The summed E-state index contributed by atoms with van der Waals surface area (Å²) in [5.41, 5.74) is 3.97. The van der Waals surface area contributed by atoms with Gasteiger partial charge in [-0.1, -0.05) is 41.3 Å². The van der Waals surface area contributed by atoms with E-state index in [2.05, 4.69) is 23.9 Å². The molecule has 3 aromatic heterocycles. The average molecular weight is 619 g/mol. The summed E-state index contributed by atoms with van der Waals surface area (Å²) in [7, 11) is 0. The average Bonchev–Trinajstić information content (AvgIpc) is 3.29. The summed E-state index contributed by atoms with van der Waals surface area (Å²) in [5, 5.41) is 19.6. The summed E-state index contributed by atoms with van der Waals surface area (Å²) in [6.07, 6.45) is 4.95. The van der Waals surface area contributed by atoms with Crippen molar-refractivity contribution in [3.8, 4) is 22.5 Å². The second kappa shape index (κ2) is 11.4. The number of anilines is 1. The third-order valence-electron chi connectivity index (χ3n) is 7.73. The van der Waals surface area contributed by atoms with E-state index in [1.54, 1.807) is 17.4 Å². The molecule has 11 heteroatoms. The zero-order valence-corrected chi connectivity index (χ0v) is 25.2. The molecule has 2 aliphatic rings. The molecule has 0 unspecified atom stereocenters. The Morgan fingerprint density at radius 1 is 1.20 bits per heavy atom. The van der Waals surface area contributed by atoms with Gasteiger partial charge >= 0.3 is 5.97 Å². The van der Waals surface area contributed by atoms with Crippen molar-refractivity contribution in [3.63, 3.8) is 0 Å². The van der Waals surface area contributed by atoms with E-state index < -0.39 is 5.97 Å². The molecular formula is C29H29Cl2N3O4S2. The minimum atomic E-state index is -0.911. The van der Waals surface area contributed by atoms with E-state index in [1.807, 2.05) is 29.0 Å². The SMILES string of the molecule is CC[C@H]1C[C@@H](OCc2c(-c3c(Cl)cccc3Cl)noc2C2CC2)C[C@@H](C)N1c1nc(-c2csc(C(=O)O)c2)cs1. The zero-order chi connectivity index (χ0) is 28.0. The Morgan fingerprint density at radius 2 is 1.98 bits per heavy atom. The molecule has 1 saturated heterocycles. The number of hydrogen-bond acceptors (Lipinski definition) is 8. The van der Waals surface area contributed by atoms with E-state index >= 15 is 0 Å². The number of aromatic nitrogens is 2. The lowest BCUT2D eigenvalue weighted by Crippen LogP contribution is -2.50. The molecule has 0 spiro atoms. The molecular weight excluding hydrogens is 589 g/mol. The normalized spacial score (nSPS) is 21.2. The maximum Gasteiger partial charge on any atom is 0.345 e. The number of nitrogens with zero attached hydrogens (tertiary/aromatic N) is 3. The van der Waals surface area contributed by atoms with Crippen LogP contribution in [-0.2, 0) is 11.3 Å². The molecule has 7 nitrogen and oxygen atoms in total. The standard InChI is InChI=1S/C29H29Cl2N3O4S2/c1-3-18-11-19(9-15(2)34(18)29-32-23(14-40-29)17-10-24(28(35)36)39-13-17)37-12-20-26(33-38-27(20)16-7-8-16)25-21(30)5-4-6-22(25)31/h4-6,10,13-16,18-19H,3,7-9,11-12H2,1-2H3,(H,35,36)/t15-,18+,19+/m1/s1. The molecule has 210 valence electrons. The first-order chi connectivity index (χ1) is 19.3. The fourth-order valence-corrected chi connectivity index (χ4v) is 7.88. The van der Waals surface area contributed by atoms with E-state index in [1.165, 1.54) is 11.3 Å². The van der Waals surface area contributed by atoms with Crippen LogP contribution in [0.3, 0.4) is 0 Å². The van der Waals surface area contributed by atoms with Gasteiger partial charge in [-0.05, 0) is 57.2 Å². The molecule has 4 aromatic rings. The third kappa shape index (κ3) is 5.42. The smallest absolute Gasteiger partial charge is 0.345 e. The quantitative estimate of drug-likeness (QED) is 0.201. The molecule has 1 aliphatic heterocycles. The molecule has 1 aromatic carbocycles. The van der Waals surface area contributed by atoms with Crippen LogP contribution in [-0.4, -0.2) is 39.4 Å². The Hall–Kier alpha value is -2.43. The minimum Gasteiger partial charge on any atom is -0.477 e. The van der Waals surface area contributed by atoms with E-state index in [9.17, 15) is 9.90 Å². The minimum absolute atomic E-state index is 0.0714. The Kier molecular flexibility index (Phi) is 7.94. The highest BCUT2D eigenvalue weighted by Gasteiger charge is 2.37. The van der Waals surface area contributed by atoms with Gasteiger partial charge in [0.25, 0.3) is 0 Å². The number of halogens is 2. The summed E-state index contributed by atoms with van der Waals surface area (Å²) in [5.74, 6) is 0.350. The van der Waals surface area contributed by atoms with Crippen LogP contribution in [0.15, 0.2) is 39.5 Å². The molecule has 0 amide bonds. The van der Waals surface area contributed by atoms with Crippen molar-refractivity contribution in [3.05, 3.63) is 61.3 Å². The van der Waals surface area contributed by atoms with Crippen molar-refractivity contribution in [2.45, 2.75) is 76.7 Å². The van der Waals surface area contributed by atoms with E-state index in [4.69, 9.17) is 37.4 Å². The Balaban J connectivity index is 1.19. The molecule has 0 bridgehead atoms. The number of thiazole rings is 1. The number of aromatic carboxylic acids is 1. The number of carboxylic acids is 1. The highest BCUT2D eigenvalue weighted by molar-refractivity contribution is 7.14. The monoisotopic (exact) mass is 617 g/mol. The second-order valence-corrected chi connectivity index (χ2v) is 13.0. The maximum absolute atomic E-state index is 11.3. The van der Waals surface area contributed by atoms with Gasteiger partial charge in [-0.25, -0.2) is 9.78 Å². The van der Waals surface area contributed by atoms with E-state index in [0.29, 0.717) is 38.7 Å². The van der Waals surface area contributed by atoms with Gasteiger partial charge in [0, 0.05) is 45.5 Å². The number of carbonyl (C=O) groups is 1. The highest BCUT2D eigenvalue weighted by atomic mass is 35.5. The number of rotatable bonds is 9. The van der Waals surface area contributed by atoms with Gasteiger partial charge in [-0.2, -0.15) is 0 Å². The second-order valence-electron chi connectivity index (χ2n) is 10.5. The maximum atomic E-state index is 11.3. The first-order valence-electron chi connectivity index (χ1n) is 13.4. The van der Waals surface area contributed by atoms with Crippen LogP contribution in [0.2, 0.25) is 10.0 Å². The number of benzene rings is 1. The van der Waals surface area contributed by atoms with Crippen LogP contribution in [0.4, 0.5) is 5.13 Å². The van der Waals surface area contributed by atoms with Crippen LogP contribution in [0.1, 0.15) is 72.9 Å². The summed E-state index contributed by atoms with van der Waals surface area (Å²) in [6.45, 7) is 4.81. The lowest BCUT2D eigenvalue weighted by Gasteiger charge is -2.43. The predicted molar refractivity (Wildman–Crippen MR) is 160 cm³/mol. The number of piperidine rings is 1. The molecule has 6 rings (SSSR count). The molecule has 1 aliphatic carbocycles. The fraction of sp³-hybridized carbons (Fsp3) is 0.414. The van der Waals surface area contributed by atoms with Gasteiger partial charge in [0.05, 0.1) is 28.5 Å². The van der Waals surface area contributed by atoms with Gasteiger partial charge in [-0.3, -0.25) is 0 Å². The summed E-state index contributed by atoms with van der Waals surface area (Å²) in [6, 6.07) is 7.64.